The van der Waals surface area contributed by atoms with E-state index in [0.717, 1.165) is 17.5 Å². The van der Waals surface area contributed by atoms with Crippen molar-refractivity contribution < 1.29 is 0 Å². The van der Waals surface area contributed by atoms with Gasteiger partial charge in [0.2, 0.25) is 0 Å². The van der Waals surface area contributed by atoms with Crippen LogP contribution in [0.4, 0.5) is 5.69 Å². The van der Waals surface area contributed by atoms with E-state index in [4.69, 9.17) is 5.73 Å². The van der Waals surface area contributed by atoms with Gasteiger partial charge in [-0.1, -0.05) is 32.0 Å². The van der Waals surface area contributed by atoms with Gasteiger partial charge in [0.15, 0.2) is 0 Å². The summed E-state index contributed by atoms with van der Waals surface area (Å²) in [4.78, 5) is 0. The second-order valence-electron chi connectivity index (χ2n) is 5.09. The topological polar surface area (TPSA) is 26.0 Å². The lowest BCUT2D eigenvalue weighted by atomic mass is 9.73. The monoisotopic (exact) mass is 203 g/mol. The van der Waals surface area contributed by atoms with Crippen molar-refractivity contribution in [1.29, 1.82) is 0 Å². The Hall–Kier alpha value is -0.980. The minimum absolute atomic E-state index is 0.692. The summed E-state index contributed by atoms with van der Waals surface area (Å²) in [5.41, 5.74) is 8.38. The molecule has 0 unspecified atom stereocenters. The van der Waals surface area contributed by atoms with Gasteiger partial charge in [-0.15, -0.1) is 0 Å². The lowest BCUT2D eigenvalue weighted by Gasteiger charge is -2.32. The minimum Gasteiger partial charge on any atom is -0.398 e. The van der Waals surface area contributed by atoms with Gasteiger partial charge in [0.1, 0.15) is 0 Å². The highest BCUT2D eigenvalue weighted by atomic mass is 14.6. The average Bonchev–Trinajstić information content (AvgIpc) is 2.23. The molecule has 0 aliphatic heterocycles. The van der Waals surface area contributed by atoms with Crippen LogP contribution in [0.2, 0.25) is 0 Å². The fraction of sp³-hybridized carbons (Fsp3) is 0.571. The van der Waals surface area contributed by atoms with E-state index in [1.165, 1.54) is 24.8 Å². The van der Waals surface area contributed by atoms with Crippen LogP contribution in [0.3, 0.4) is 0 Å². The highest BCUT2D eigenvalue weighted by Gasteiger charge is 2.26. The van der Waals surface area contributed by atoms with Crippen LogP contribution in [-0.2, 0) is 0 Å². The third-order valence-corrected chi connectivity index (χ3v) is 4.03. The van der Waals surface area contributed by atoms with E-state index in [2.05, 4.69) is 26.0 Å². The minimum atomic E-state index is 0.692. The largest absolute Gasteiger partial charge is 0.398 e. The van der Waals surface area contributed by atoms with Crippen molar-refractivity contribution in [3.63, 3.8) is 0 Å². The molecule has 0 heterocycles. The molecule has 0 spiro atoms. The van der Waals surface area contributed by atoms with Crippen LogP contribution in [0.1, 0.15) is 44.6 Å². The van der Waals surface area contributed by atoms with E-state index < -0.39 is 0 Å². The van der Waals surface area contributed by atoms with Crippen LogP contribution in [-0.4, -0.2) is 0 Å². The van der Waals surface area contributed by atoms with E-state index in [-0.39, 0.29) is 0 Å². The Morgan fingerprint density at radius 3 is 2.47 bits per heavy atom. The predicted molar refractivity (Wildman–Crippen MR) is 65.8 cm³/mol. The lowest BCUT2D eigenvalue weighted by Crippen LogP contribution is -2.20. The van der Waals surface area contributed by atoms with Crippen molar-refractivity contribution in [3.05, 3.63) is 29.8 Å². The van der Waals surface area contributed by atoms with Gasteiger partial charge in [-0.3, -0.25) is 0 Å². The normalized spacial score (nSPS) is 31.5. The molecule has 1 saturated carbocycles. The summed E-state index contributed by atoms with van der Waals surface area (Å²) in [7, 11) is 0. The first-order valence-electron chi connectivity index (χ1n) is 6.03. The fourth-order valence-electron chi connectivity index (χ4n) is 2.71. The van der Waals surface area contributed by atoms with Crippen molar-refractivity contribution >= 4 is 5.69 Å². The third kappa shape index (κ3) is 2.17. The highest BCUT2D eigenvalue weighted by Crippen LogP contribution is 2.40. The standard InChI is InChI=1S/C14H21N/c1-10-7-8-12(9-11(10)2)13-5-3-4-6-14(13)15/h3-6,10-12H,7-9,15H2,1-2H3/t10-,11+,12-/m1/s1. The van der Waals surface area contributed by atoms with Crippen LogP contribution < -0.4 is 5.73 Å². The smallest absolute Gasteiger partial charge is 0.0349 e. The van der Waals surface area contributed by atoms with Gasteiger partial charge in [0.25, 0.3) is 0 Å². The first-order chi connectivity index (χ1) is 7.18. The molecule has 15 heavy (non-hydrogen) atoms. The maximum absolute atomic E-state index is 6.03. The zero-order valence-electron chi connectivity index (χ0n) is 9.74. The summed E-state index contributed by atoms with van der Waals surface area (Å²) in [5.74, 6) is 2.41. The molecule has 3 atom stereocenters. The predicted octanol–water partition coefficient (Wildman–Crippen LogP) is 3.81. The molecular formula is C14H21N. The molecule has 0 bridgehead atoms. The van der Waals surface area contributed by atoms with Gasteiger partial charge < -0.3 is 5.73 Å². The first kappa shape index (κ1) is 10.5. The number of para-hydroxylation sites is 1. The van der Waals surface area contributed by atoms with Crippen molar-refractivity contribution in [1.82, 2.24) is 0 Å². The van der Waals surface area contributed by atoms with Crippen molar-refractivity contribution in [2.24, 2.45) is 11.8 Å². The molecule has 1 aromatic carbocycles. The van der Waals surface area contributed by atoms with E-state index in [1.807, 2.05) is 12.1 Å². The van der Waals surface area contributed by atoms with Gasteiger partial charge >= 0.3 is 0 Å². The van der Waals surface area contributed by atoms with Gasteiger partial charge in [-0.2, -0.15) is 0 Å². The third-order valence-electron chi connectivity index (χ3n) is 4.03. The molecule has 1 nitrogen and oxygen atoms in total. The molecule has 1 fully saturated rings. The number of benzene rings is 1. The number of nitrogens with two attached hydrogens (primary N) is 1. The van der Waals surface area contributed by atoms with Crippen molar-refractivity contribution in [2.75, 3.05) is 5.73 Å². The van der Waals surface area contributed by atoms with Gasteiger partial charge in [-0.25, -0.2) is 0 Å². The molecule has 1 aromatic rings. The Kier molecular flexibility index (Phi) is 2.99. The Bertz CT molecular complexity index is 332. The van der Waals surface area contributed by atoms with Crippen LogP contribution in [0, 0.1) is 11.8 Å². The van der Waals surface area contributed by atoms with Crippen LogP contribution in [0.5, 0.6) is 0 Å². The van der Waals surface area contributed by atoms with E-state index in [1.54, 1.807) is 0 Å². The molecule has 0 saturated heterocycles. The Morgan fingerprint density at radius 1 is 1.07 bits per heavy atom. The van der Waals surface area contributed by atoms with Crippen LogP contribution in [0.15, 0.2) is 24.3 Å². The lowest BCUT2D eigenvalue weighted by molar-refractivity contribution is 0.251. The number of hydrogen-bond acceptors (Lipinski definition) is 1. The van der Waals surface area contributed by atoms with Crippen LogP contribution >= 0.6 is 0 Å². The molecular weight excluding hydrogens is 182 g/mol. The first-order valence-corrected chi connectivity index (χ1v) is 6.03. The molecule has 82 valence electrons. The summed E-state index contributed by atoms with van der Waals surface area (Å²) in [6.07, 6.45) is 3.95. The average molecular weight is 203 g/mol. The number of hydrogen-bond donors (Lipinski definition) is 1. The summed E-state index contributed by atoms with van der Waals surface area (Å²) in [5, 5.41) is 0. The number of nitrogen functional groups attached to an aromatic ring is 1. The summed E-state index contributed by atoms with van der Waals surface area (Å²) >= 11 is 0. The summed E-state index contributed by atoms with van der Waals surface area (Å²) in [6.45, 7) is 4.74. The number of rotatable bonds is 1. The maximum Gasteiger partial charge on any atom is 0.0349 e. The van der Waals surface area contributed by atoms with Crippen LogP contribution in [0.25, 0.3) is 0 Å². The number of anilines is 1. The van der Waals surface area contributed by atoms with Gasteiger partial charge in [0, 0.05) is 5.69 Å². The van der Waals surface area contributed by atoms with Gasteiger partial charge in [0.05, 0.1) is 0 Å². The van der Waals surface area contributed by atoms with E-state index in [9.17, 15) is 0 Å². The van der Waals surface area contributed by atoms with E-state index in [0.29, 0.717) is 5.92 Å². The molecule has 0 radical (unpaired) electrons. The van der Waals surface area contributed by atoms with E-state index >= 15 is 0 Å². The maximum atomic E-state index is 6.03. The zero-order chi connectivity index (χ0) is 10.8. The zero-order valence-corrected chi connectivity index (χ0v) is 9.74. The van der Waals surface area contributed by atoms with Crippen molar-refractivity contribution in [2.45, 2.75) is 39.0 Å². The fourth-order valence-corrected chi connectivity index (χ4v) is 2.71. The summed E-state index contributed by atoms with van der Waals surface area (Å²) < 4.78 is 0. The quantitative estimate of drug-likeness (QED) is 0.690. The Morgan fingerprint density at radius 2 is 1.80 bits per heavy atom. The molecule has 1 heteroatoms. The SMILES string of the molecule is C[C@@H]1CC[C@@H](c2ccccc2N)C[C@@H]1C. The molecule has 0 aromatic heterocycles. The van der Waals surface area contributed by atoms with Crippen molar-refractivity contribution in [3.8, 4) is 0 Å². The highest BCUT2D eigenvalue weighted by molar-refractivity contribution is 5.48. The molecule has 0 amide bonds. The molecule has 1 aliphatic carbocycles. The second kappa shape index (κ2) is 4.26. The van der Waals surface area contributed by atoms with Gasteiger partial charge in [-0.05, 0) is 48.6 Å². The molecule has 1 aliphatic rings. The summed E-state index contributed by atoms with van der Waals surface area (Å²) in [6, 6.07) is 8.35. The Balaban J connectivity index is 2.15. The Labute approximate surface area is 92.7 Å². The molecule has 2 rings (SSSR count). The molecule has 2 N–H and O–H groups in total. The second-order valence-corrected chi connectivity index (χ2v) is 5.09.